The van der Waals surface area contributed by atoms with Crippen molar-refractivity contribution in [3.8, 4) is 0 Å². The van der Waals surface area contributed by atoms with Crippen LogP contribution in [0.5, 0.6) is 0 Å². The molecule has 25 heavy (non-hydrogen) atoms. The van der Waals surface area contributed by atoms with Crippen LogP contribution >= 0.6 is 0 Å². The van der Waals surface area contributed by atoms with Gasteiger partial charge in [0.1, 0.15) is 6.10 Å². The zero-order valence-corrected chi connectivity index (χ0v) is 15.0. The minimum absolute atomic E-state index is 0.0274. The van der Waals surface area contributed by atoms with Crippen molar-refractivity contribution in [1.82, 2.24) is 9.21 Å². The number of hydrogen-bond acceptors (Lipinski definition) is 5. The number of amides is 1. The second kappa shape index (κ2) is 7.94. The van der Waals surface area contributed by atoms with Gasteiger partial charge in [0.15, 0.2) is 0 Å². The van der Waals surface area contributed by atoms with Crippen LogP contribution in [0.4, 0.5) is 0 Å². The Hall–Kier alpha value is -1.97. The van der Waals surface area contributed by atoms with Gasteiger partial charge in [-0.2, -0.15) is 4.31 Å². The molecule has 2 rings (SSSR count). The molecule has 1 aliphatic heterocycles. The molecule has 0 bridgehead atoms. The van der Waals surface area contributed by atoms with Crippen LogP contribution in [-0.4, -0.2) is 74.0 Å². The number of nitrogens with zero attached hydrogens (tertiary/aromatic N) is 2. The quantitative estimate of drug-likeness (QED) is 0.788. The normalized spacial score (nSPS) is 17.3. The van der Waals surface area contributed by atoms with Gasteiger partial charge in [0.05, 0.1) is 10.5 Å². The number of hydrogen-bond donors (Lipinski definition) is 1. The summed E-state index contributed by atoms with van der Waals surface area (Å²) in [5.41, 5.74) is 0.0274. The fraction of sp³-hybridized carbons (Fsp3) is 0.500. The minimum Gasteiger partial charge on any atom is -0.478 e. The van der Waals surface area contributed by atoms with E-state index in [2.05, 4.69) is 0 Å². The number of sulfonamides is 1. The fourth-order valence-electron chi connectivity index (χ4n) is 2.71. The molecule has 0 aliphatic carbocycles. The van der Waals surface area contributed by atoms with E-state index >= 15 is 0 Å². The second-order valence-corrected chi connectivity index (χ2v) is 7.63. The van der Waals surface area contributed by atoms with E-state index in [9.17, 15) is 18.0 Å². The van der Waals surface area contributed by atoms with Crippen LogP contribution in [-0.2, 0) is 19.6 Å². The summed E-state index contributed by atoms with van der Waals surface area (Å²) in [4.78, 5) is 24.8. The van der Waals surface area contributed by atoms with E-state index in [1.165, 1.54) is 35.7 Å². The average Bonchev–Trinajstić information content (AvgIpc) is 2.62. The maximum absolute atomic E-state index is 12.6. The number of carbonyl (C=O) groups is 2. The summed E-state index contributed by atoms with van der Waals surface area (Å²) < 4.78 is 31.7. The van der Waals surface area contributed by atoms with E-state index in [0.29, 0.717) is 19.5 Å². The van der Waals surface area contributed by atoms with Gasteiger partial charge in [-0.15, -0.1) is 0 Å². The second-order valence-electron chi connectivity index (χ2n) is 5.69. The van der Waals surface area contributed by atoms with Crippen LogP contribution < -0.4 is 0 Å². The van der Waals surface area contributed by atoms with Gasteiger partial charge >= 0.3 is 5.97 Å². The van der Waals surface area contributed by atoms with Crippen molar-refractivity contribution in [2.45, 2.75) is 24.3 Å². The van der Waals surface area contributed by atoms with Gasteiger partial charge < -0.3 is 14.7 Å². The van der Waals surface area contributed by atoms with Crippen molar-refractivity contribution < 1.29 is 27.9 Å². The lowest BCUT2D eigenvalue weighted by atomic mass is 10.2. The largest absolute Gasteiger partial charge is 0.478 e. The molecule has 9 heteroatoms. The smallest absolute Gasteiger partial charge is 0.335 e. The number of ether oxygens (including phenoxy) is 1. The average molecular weight is 370 g/mol. The zero-order chi connectivity index (χ0) is 18.6. The predicted octanol–water partition coefficient (Wildman–Crippen LogP) is 0.643. The van der Waals surface area contributed by atoms with Crippen molar-refractivity contribution >= 4 is 21.9 Å². The predicted molar refractivity (Wildman–Crippen MR) is 89.8 cm³/mol. The fourth-order valence-corrected chi connectivity index (χ4v) is 4.14. The van der Waals surface area contributed by atoms with Gasteiger partial charge in [-0.1, -0.05) is 6.92 Å². The van der Waals surface area contributed by atoms with Gasteiger partial charge in [-0.3, -0.25) is 4.79 Å². The molecule has 138 valence electrons. The molecule has 0 aromatic heterocycles. The SMILES string of the molecule is CCC(OC)C(=O)N1CCN(S(=O)(=O)c2ccc(C(=O)O)cc2)CC1. The van der Waals surface area contributed by atoms with Gasteiger partial charge in [-0.25, -0.2) is 13.2 Å². The van der Waals surface area contributed by atoms with Crippen molar-refractivity contribution in [1.29, 1.82) is 0 Å². The molecule has 1 unspecified atom stereocenters. The summed E-state index contributed by atoms with van der Waals surface area (Å²) in [7, 11) is -2.23. The maximum atomic E-state index is 12.6. The number of aromatic carboxylic acids is 1. The monoisotopic (exact) mass is 370 g/mol. The van der Waals surface area contributed by atoms with Crippen LogP contribution in [0.2, 0.25) is 0 Å². The van der Waals surface area contributed by atoms with E-state index in [-0.39, 0.29) is 29.5 Å². The summed E-state index contributed by atoms with van der Waals surface area (Å²) in [6.07, 6.45) is 0.0516. The Labute approximate surface area is 147 Å². The van der Waals surface area contributed by atoms with Gasteiger partial charge in [-0.05, 0) is 30.7 Å². The molecule has 1 amide bonds. The Bertz CT molecular complexity index is 719. The van der Waals surface area contributed by atoms with Gasteiger partial charge in [0.2, 0.25) is 10.0 Å². The Kier molecular flexibility index (Phi) is 6.15. The van der Waals surface area contributed by atoms with E-state index in [4.69, 9.17) is 9.84 Å². The molecule has 1 fully saturated rings. The maximum Gasteiger partial charge on any atom is 0.335 e. The third-order valence-electron chi connectivity index (χ3n) is 4.22. The molecule has 0 radical (unpaired) electrons. The van der Waals surface area contributed by atoms with Crippen molar-refractivity contribution in [3.05, 3.63) is 29.8 Å². The molecule has 0 spiro atoms. The first-order valence-corrected chi connectivity index (χ1v) is 9.40. The Morgan fingerprint density at radius 3 is 2.16 bits per heavy atom. The Morgan fingerprint density at radius 2 is 1.72 bits per heavy atom. The first kappa shape index (κ1) is 19.4. The molecule has 1 aromatic rings. The molecular weight excluding hydrogens is 348 g/mol. The first-order chi connectivity index (χ1) is 11.8. The number of rotatable bonds is 6. The number of carboxylic acids is 1. The highest BCUT2D eigenvalue weighted by Gasteiger charge is 2.32. The van der Waals surface area contributed by atoms with E-state index in [0.717, 1.165) is 0 Å². The molecule has 8 nitrogen and oxygen atoms in total. The highest BCUT2D eigenvalue weighted by Crippen LogP contribution is 2.19. The highest BCUT2D eigenvalue weighted by molar-refractivity contribution is 7.89. The molecule has 1 saturated heterocycles. The van der Waals surface area contributed by atoms with Gasteiger partial charge in [0.25, 0.3) is 5.91 Å². The lowest BCUT2D eigenvalue weighted by Crippen LogP contribution is -2.53. The molecule has 1 heterocycles. The third-order valence-corrected chi connectivity index (χ3v) is 6.13. The Balaban J connectivity index is 2.06. The lowest BCUT2D eigenvalue weighted by molar-refractivity contribution is -0.143. The van der Waals surface area contributed by atoms with Crippen molar-refractivity contribution in [2.24, 2.45) is 0 Å². The molecule has 1 aliphatic rings. The molecule has 1 aromatic carbocycles. The first-order valence-electron chi connectivity index (χ1n) is 7.96. The minimum atomic E-state index is -3.71. The van der Waals surface area contributed by atoms with Crippen LogP contribution in [0.15, 0.2) is 29.2 Å². The topological polar surface area (TPSA) is 104 Å². The molecule has 1 atom stereocenters. The highest BCUT2D eigenvalue weighted by atomic mass is 32.2. The summed E-state index contributed by atoms with van der Waals surface area (Å²) in [6.45, 7) is 2.83. The van der Waals surface area contributed by atoms with Crippen LogP contribution in [0.3, 0.4) is 0 Å². The number of benzene rings is 1. The van der Waals surface area contributed by atoms with Crippen LogP contribution in [0.1, 0.15) is 23.7 Å². The van der Waals surface area contributed by atoms with Crippen LogP contribution in [0, 0.1) is 0 Å². The zero-order valence-electron chi connectivity index (χ0n) is 14.2. The molecule has 1 N–H and O–H groups in total. The summed E-state index contributed by atoms with van der Waals surface area (Å²) in [5, 5.41) is 8.89. The third kappa shape index (κ3) is 4.17. The van der Waals surface area contributed by atoms with Crippen molar-refractivity contribution in [2.75, 3.05) is 33.3 Å². The molecule has 0 saturated carbocycles. The van der Waals surface area contributed by atoms with E-state index < -0.39 is 22.1 Å². The van der Waals surface area contributed by atoms with Gasteiger partial charge in [0, 0.05) is 33.3 Å². The number of methoxy groups -OCH3 is 1. The van der Waals surface area contributed by atoms with E-state index in [1.807, 2.05) is 6.92 Å². The summed E-state index contributed by atoms with van der Waals surface area (Å²) in [5.74, 6) is -1.24. The number of carboxylic acid groups (broad SMARTS) is 1. The van der Waals surface area contributed by atoms with Crippen LogP contribution in [0.25, 0.3) is 0 Å². The number of piperazine rings is 1. The molecular formula is C16H22N2O6S. The Morgan fingerprint density at radius 1 is 1.16 bits per heavy atom. The summed E-state index contributed by atoms with van der Waals surface area (Å²) in [6, 6.07) is 5.10. The summed E-state index contributed by atoms with van der Waals surface area (Å²) >= 11 is 0. The van der Waals surface area contributed by atoms with Crippen molar-refractivity contribution in [3.63, 3.8) is 0 Å². The van der Waals surface area contributed by atoms with E-state index in [1.54, 1.807) is 4.90 Å². The lowest BCUT2D eigenvalue weighted by Gasteiger charge is -2.35. The number of carbonyl (C=O) groups excluding carboxylic acids is 1. The standard InChI is InChI=1S/C16H22N2O6S/c1-3-14(24-2)15(19)17-8-10-18(11-9-17)25(22,23)13-6-4-12(5-7-13)16(20)21/h4-7,14H,3,8-11H2,1-2H3,(H,20,21).